The van der Waals surface area contributed by atoms with Gasteiger partial charge in [0.25, 0.3) is 5.91 Å². The molecule has 176 valence electrons. The fourth-order valence-corrected chi connectivity index (χ4v) is 4.40. The smallest absolute Gasteiger partial charge is 0.417 e. The molecule has 0 atom stereocenters. The summed E-state index contributed by atoms with van der Waals surface area (Å²) in [4.78, 5) is 28.3. The van der Waals surface area contributed by atoms with Gasteiger partial charge in [-0.25, -0.2) is 9.37 Å². The monoisotopic (exact) mass is 472 g/mol. The number of benzene rings is 1. The lowest BCUT2D eigenvalue weighted by molar-refractivity contribution is -0.199. The highest BCUT2D eigenvalue weighted by Crippen LogP contribution is 2.67. The van der Waals surface area contributed by atoms with Crippen molar-refractivity contribution in [2.75, 3.05) is 14.2 Å². The van der Waals surface area contributed by atoms with Gasteiger partial charge in [0.05, 0.1) is 25.2 Å². The first-order valence-corrected chi connectivity index (χ1v) is 9.62. The maximum Gasteiger partial charge on any atom is 0.417 e. The van der Waals surface area contributed by atoms with Gasteiger partial charge in [-0.2, -0.15) is 17.6 Å². The summed E-state index contributed by atoms with van der Waals surface area (Å²) < 4.78 is 82.0. The fraction of sp³-hybridized carbons (Fsp3) is 0.381. The van der Waals surface area contributed by atoms with Crippen molar-refractivity contribution in [3.63, 3.8) is 0 Å². The zero-order valence-electron chi connectivity index (χ0n) is 17.3. The van der Waals surface area contributed by atoms with Gasteiger partial charge in [-0.05, 0) is 37.5 Å². The van der Waals surface area contributed by atoms with Crippen molar-refractivity contribution in [1.82, 2.24) is 10.3 Å². The van der Waals surface area contributed by atoms with E-state index in [0.29, 0.717) is 12.3 Å². The normalized spacial score (nSPS) is 23.1. The summed E-state index contributed by atoms with van der Waals surface area (Å²) in [5.74, 6) is -5.57. The van der Waals surface area contributed by atoms with Crippen molar-refractivity contribution in [3.05, 3.63) is 47.2 Å². The van der Waals surface area contributed by atoms with Crippen LogP contribution < -0.4 is 14.8 Å². The number of alkyl halides is 3. The molecule has 0 spiro atoms. The Morgan fingerprint density at radius 1 is 1.12 bits per heavy atom. The summed E-state index contributed by atoms with van der Waals surface area (Å²) in [7, 11) is 2.29. The molecule has 3 saturated carbocycles. The Morgan fingerprint density at radius 2 is 1.79 bits per heavy atom. The number of esters is 1. The zero-order chi connectivity index (χ0) is 24.2. The molecule has 1 aromatic carbocycles. The molecule has 3 aliphatic rings. The average molecular weight is 472 g/mol. The molecule has 7 nitrogen and oxygen atoms in total. The molecule has 12 heteroatoms. The van der Waals surface area contributed by atoms with Crippen LogP contribution in [0.5, 0.6) is 17.4 Å². The molecule has 0 saturated heterocycles. The van der Waals surface area contributed by atoms with Crippen LogP contribution in [-0.2, 0) is 15.7 Å². The second kappa shape index (κ2) is 7.56. The molecular weight excluding hydrogens is 455 g/mol. The first-order valence-electron chi connectivity index (χ1n) is 9.62. The highest BCUT2D eigenvalue weighted by Gasteiger charge is 2.73. The lowest BCUT2D eigenvalue weighted by atomic mass is 9.39. The molecule has 33 heavy (non-hydrogen) atoms. The van der Waals surface area contributed by atoms with E-state index >= 15 is 0 Å². The number of pyridine rings is 1. The van der Waals surface area contributed by atoms with Crippen molar-refractivity contribution in [2.45, 2.75) is 31.0 Å². The number of carbonyl (C=O) groups is 2. The maximum absolute atomic E-state index is 14.0. The van der Waals surface area contributed by atoms with Gasteiger partial charge in [0.2, 0.25) is 17.4 Å². The molecule has 1 N–H and O–H groups in total. The molecule has 1 heterocycles. The Labute approximate surface area is 183 Å². The third-order valence-corrected chi connectivity index (χ3v) is 5.88. The van der Waals surface area contributed by atoms with Crippen molar-refractivity contribution in [1.29, 1.82) is 0 Å². The minimum atomic E-state index is -4.80. The van der Waals surface area contributed by atoms with Crippen LogP contribution in [-0.4, -0.2) is 36.6 Å². The fourth-order valence-electron chi connectivity index (χ4n) is 4.40. The Morgan fingerprint density at radius 3 is 2.36 bits per heavy atom. The van der Waals surface area contributed by atoms with Crippen LogP contribution in [0.2, 0.25) is 0 Å². The van der Waals surface area contributed by atoms with Gasteiger partial charge in [0, 0.05) is 11.7 Å². The Hall–Kier alpha value is -3.44. The highest BCUT2D eigenvalue weighted by molar-refractivity contribution is 5.98. The minimum absolute atomic E-state index is 0.290. The number of halogens is 5. The van der Waals surface area contributed by atoms with E-state index in [4.69, 9.17) is 14.2 Å². The summed E-state index contributed by atoms with van der Waals surface area (Å²) in [5.41, 5.74) is -3.22. The van der Waals surface area contributed by atoms with E-state index in [0.717, 1.165) is 19.2 Å². The van der Waals surface area contributed by atoms with Crippen molar-refractivity contribution >= 4 is 11.9 Å². The van der Waals surface area contributed by atoms with Crippen LogP contribution in [0.25, 0.3) is 0 Å². The topological polar surface area (TPSA) is 86.8 Å². The average Bonchev–Trinajstić information content (AvgIpc) is 2.71. The number of nitrogens with zero attached hydrogens (tertiary/aromatic N) is 1. The molecule has 1 amide bonds. The quantitative estimate of drug-likeness (QED) is 0.505. The lowest BCUT2D eigenvalue weighted by Gasteiger charge is -2.68. The van der Waals surface area contributed by atoms with Crippen LogP contribution in [0.1, 0.15) is 35.2 Å². The van der Waals surface area contributed by atoms with E-state index < -0.39 is 69.1 Å². The van der Waals surface area contributed by atoms with E-state index in [1.54, 1.807) is 0 Å². The first kappa shape index (κ1) is 22.7. The van der Waals surface area contributed by atoms with E-state index in [9.17, 15) is 31.5 Å². The van der Waals surface area contributed by atoms with Crippen LogP contribution >= 0.6 is 0 Å². The molecule has 0 radical (unpaired) electrons. The van der Waals surface area contributed by atoms with E-state index in [1.165, 1.54) is 7.11 Å². The largest absolute Gasteiger partial charge is 0.490 e. The van der Waals surface area contributed by atoms with Crippen molar-refractivity contribution in [2.24, 2.45) is 5.41 Å². The summed E-state index contributed by atoms with van der Waals surface area (Å²) in [6, 6.07) is 2.26. The number of methoxy groups -OCH3 is 2. The van der Waals surface area contributed by atoms with E-state index in [1.807, 2.05) is 0 Å². The van der Waals surface area contributed by atoms with Gasteiger partial charge in [-0.1, -0.05) is 0 Å². The predicted octanol–water partition coefficient (Wildman–Crippen LogP) is 4.01. The second-order valence-corrected chi connectivity index (χ2v) is 8.11. The van der Waals surface area contributed by atoms with Crippen LogP contribution in [0.15, 0.2) is 24.4 Å². The number of aromatic nitrogens is 1. The minimum Gasteiger partial charge on any atom is -0.490 e. The molecule has 3 fully saturated rings. The third kappa shape index (κ3) is 3.72. The number of amides is 1. The van der Waals surface area contributed by atoms with Crippen molar-refractivity contribution < 1.29 is 45.8 Å². The standard InChI is InChI=1S/C21H17F5N2O5/c1-31-15-13(4-3-12(22)14(15)23)33-17-11(5-10(6-27-17)21(24,25)26)16(29)28-20-7-19(8-20,9-20)18(30)32-2/h3-6H,7-9H2,1-2H3,(H,28,29). The number of nitrogens with one attached hydrogen (secondary N) is 1. The van der Waals surface area contributed by atoms with Gasteiger partial charge < -0.3 is 19.5 Å². The van der Waals surface area contributed by atoms with Gasteiger partial charge in [0.1, 0.15) is 5.56 Å². The molecule has 2 aromatic rings. The number of carbonyl (C=O) groups excluding carboxylic acids is 2. The number of ether oxygens (including phenoxy) is 3. The number of hydrogen-bond acceptors (Lipinski definition) is 6. The van der Waals surface area contributed by atoms with E-state index in [-0.39, 0.29) is 19.3 Å². The Balaban J connectivity index is 1.64. The Kier molecular flexibility index (Phi) is 5.21. The SMILES string of the molecule is COC(=O)C12CC(NC(=O)c3cc(C(F)(F)F)cnc3Oc3ccc(F)c(F)c3OC)(C1)C2. The summed E-state index contributed by atoms with van der Waals surface area (Å²) in [6.45, 7) is 0. The highest BCUT2D eigenvalue weighted by atomic mass is 19.4. The van der Waals surface area contributed by atoms with E-state index in [2.05, 4.69) is 10.3 Å². The summed E-state index contributed by atoms with van der Waals surface area (Å²) in [5, 5.41) is 2.63. The van der Waals surface area contributed by atoms with Crippen LogP contribution in [0.4, 0.5) is 22.0 Å². The zero-order valence-corrected chi connectivity index (χ0v) is 17.3. The second-order valence-electron chi connectivity index (χ2n) is 8.11. The molecular formula is C21H17F5N2O5. The van der Waals surface area contributed by atoms with Gasteiger partial charge in [0.15, 0.2) is 11.6 Å². The van der Waals surface area contributed by atoms with Crippen LogP contribution in [0, 0.1) is 17.0 Å². The first-order chi connectivity index (χ1) is 15.4. The van der Waals surface area contributed by atoms with Crippen molar-refractivity contribution in [3.8, 4) is 17.4 Å². The molecule has 0 aliphatic heterocycles. The molecule has 0 unspecified atom stereocenters. The number of rotatable bonds is 6. The summed E-state index contributed by atoms with van der Waals surface area (Å²) >= 11 is 0. The molecule has 2 bridgehead atoms. The van der Waals surface area contributed by atoms with Gasteiger partial charge in [-0.15, -0.1) is 0 Å². The summed E-state index contributed by atoms with van der Waals surface area (Å²) in [6.07, 6.45) is -3.48. The predicted molar refractivity (Wildman–Crippen MR) is 101 cm³/mol. The molecule has 1 aromatic heterocycles. The number of hydrogen-bond donors (Lipinski definition) is 1. The third-order valence-electron chi connectivity index (χ3n) is 5.88. The maximum atomic E-state index is 14.0. The molecule has 5 rings (SSSR count). The lowest BCUT2D eigenvalue weighted by Crippen LogP contribution is -2.77. The molecule has 3 aliphatic carbocycles. The van der Waals surface area contributed by atoms with Gasteiger partial charge >= 0.3 is 12.1 Å². The Bertz CT molecular complexity index is 1130. The van der Waals surface area contributed by atoms with Gasteiger partial charge in [-0.3, -0.25) is 9.59 Å². The van der Waals surface area contributed by atoms with Crippen LogP contribution in [0.3, 0.4) is 0 Å².